The number of H-pyrrole nitrogens is 1. The van der Waals surface area contributed by atoms with Crippen LogP contribution >= 0.6 is 0 Å². The van der Waals surface area contributed by atoms with E-state index in [1.807, 2.05) is 0 Å². The summed E-state index contributed by atoms with van der Waals surface area (Å²) in [5.74, 6) is -0.800. The number of hydrogen-bond acceptors (Lipinski definition) is 5. The second-order valence-electron chi connectivity index (χ2n) is 5.10. The van der Waals surface area contributed by atoms with Crippen molar-refractivity contribution in [2.75, 3.05) is 6.61 Å². The number of aromatic amines is 1. The fourth-order valence-corrected chi connectivity index (χ4v) is 4.13. The maximum Gasteiger partial charge on any atom is 0.356 e. The molecule has 0 amide bonds. The molecule has 124 valence electrons. The molecule has 3 rings (SSSR count). The maximum atomic E-state index is 13.0. The summed E-state index contributed by atoms with van der Waals surface area (Å²) in [7, 11) is -3.94. The number of nitrogens with one attached hydrogen (secondary N) is 1. The lowest BCUT2D eigenvalue weighted by molar-refractivity contribution is 0.0516. The number of benzene rings is 2. The molecule has 6 nitrogen and oxygen atoms in total. The molecule has 0 aliphatic rings. The van der Waals surface area contributed by atoms with Crippen LogP contribution in [0.2, 0.25) is 0 Å². The van der Waals surface area contributed by atoms with E-state index < -0.39 is 15.8 Å². The minimum absolute atomic E-state index is 0.0391. The predicted molar refractivity (Wildman–Crippen MR) is 87.8 cm³/mol. The lowest BCUT2D eigenvalue weighted by atomic mass is 10.2. The van der Waals surface area contributed by atoms with Gasteiger partial charge in [-0.2, -0.15) is 0 Å². The molecule has 2 N–H and O–H groups in total. The molecule has 0 fully saturated rings. The molecule has 1 heterocycles. The Balaban J connectivity index is 2.33. The van der Waals surface area contributed by atoms with E-state index in [4.69, 9.17) is 4.74 Å². The van der Waals surface area contributed by atoms with Crippen LogP contribution in [0.1, 0.15) is 17.4 Å². The second-order valence-corrected chi connectivity index (χ2v) is 6.98. The molecule has 0 saturated heterocycles. The van der Waals surface area contributed by atoms with Crippen molar-refractivity contribution >= 4 is 26.7 Å². The van der Waals surface area contributed by atoms with E-state index in [-0.39, 0.29) is 27.8 Å². The Morgan fingerprint density at radius 1 is 1.17 bits per heavy atom. The number of carbonyl (C=O) groups excluding carboxylic acids is 1. The third-order valence-corrected chi connectivity index (χ3v) is 5.39. The maximum absolute atomic E-state index is 13.0. The number of rotatable bonds is 4. The average Bonchev–Trinajstić information content (AvgIpc) is 2.95. The van der Waals surface area contributed by atoms with E-state index >= 15 is 0 Å². The number of sulfone groups is 1. The summed E-state index contributed by atoms with van der Waals surface area (Å²) < 4.78 is 31.0. The van der Waals surface area contributed by atoms with Crippen LogP contribution in [0.15, 0.2) is 58.3 Å². The lowest BCUT2D eigenvalue weighted by Crippen LogP contribution is -2.11. The number of aromatic nitrogens is 1. The molecular formula is C17H15NO5S. The van der Waals surface area contributed by atoms with Crippen molar-refractivity contribution in [2.24, 2.45) is 0 Å². The number of carbonyl (C=O) groups is 1. The highest BCUT2D eigenvalue weighted by atomic mass is 32.2. The average molecular weight is 345 g/mol. The van der Waals surface area contributed by atoms with E-state index in [1.54, 1.807) is 25.1 Å². The van der Waals surface area contributed by atoms with Crippen LogP contribution in [-0.4, -0.2) is 31.1 Å². The number of esters is 1. The van der Waals surface area contributed by atoms with Gasteiger partial charge in [-0.3, -0.25) is 0 Å². The summed E-state index contributed by atoms with van der Waals surface area (Å²) in [6.45, 7) is 1.75. The minimum Gasteiger partial charge on any atom is -0.508 e. The van der Waals surface area contributed by atoms with Crippen molar-refractivity contribution in [3.63, 3.8) is 0 Å². The quantitative estimate of drug-likeness (QED) is 0.709. The Morgan fingerprint density at radius 2 is 1.88 bits per heavy atom. The van der Waals surface area contributed by atoms with Crippen molar-refractivity contribution in [2.45, 2.75) is 16.7 Å². The van der Waals surface area contributed by atoms with E-state index in [0.717, 1.165) is 0 Å². The van der Waals surface area contributed by atoms with Crippen LogP contribution in [0.25, 0.3) is 10.9 Å². The number of aromatic hydroxyl groups is 1. The molecule has 0 bridgehead atoms. The molecule has 7 heteroatoms. The van der Waals surface area contributed by atoms with Gasteiger partial charge in [0, 0.05) is 11.5 Å². The molecule has 0 aliphatic carbocycles. The Bertz CT molecular complexity index is 1010. The Morgan fingerprint density at radius 3 is 2.54 bits per heavy atom. The highest BCUT2D eigenvalue weighted by molar-refractivity contribution is 7.91. The zero-order valence-electron chi connectivity index (χ0n) is 12.8. The first-order chi connectivity index (χ1) is 11.4. The lowest BCUT2D eigenvalue weighted by Gasteiger charge is -2.06. The van der Waals surface area contributed by atoms with Crippen molar-refractivity contribution in [1.82, 2.24) is 4.98 Å². The highest BCUT2D eigenvalue weighted by Crippen LogP contribution is 2.33. The first-order valence-electron chi connectivity index (χ1n) is 7.27. The van der Waals surface area contributed by atoms with Crippen LogP contribution in [0.5, 0.6) is 5.75 Å². The normalized spacial score (nSPS) is 11.5. The van der Waals surface area contributed by atoms with Gasteiger partial charge in [-0.25, -0.2) is 13.2 Å². The molecule has 3 aromatic rings. The number of phenols is 1. The van der Waals surface area contributed by atoms with Gasteiger partial charge >= 0.3 is 5.97 Å². The van der Waals surface area contributed by atoms with Gasteiger partial charge in [-0.05, 0) is 31.2 Å². The third-order valence-electron chi connectivity index (χ3n) is 3.54. The Kier molecular flexibility index (Phi) is 4.02. The second kappa shape index (κ2) is 6.01. The predicted octanol–water partition coefficient (Wildman–Crippen LogP) is 2.88. The van der Waals surface area contributed by atoms with Gasteiger partial charge in [0.1, 0.15) is 16.3 Å². The van der Waals surface area contributed by atoms with Gasteiger partial charge in [0.25, 0.3) is 0 Å². The van der Waals surface area contributed by atoms with Crippen LogP contribution < -0.4 is 0 Å². The standard InChI is InChI=1S/C17H15NO5S/c1-2-23-17(20)15-16(13-9-8-11(19)10-14(13)18-15)24(21,22)12-6-4-3-5-7-12/h3-10,18-19H,2H2,1H3. The third kappa shape index (κ3) is 2.63. The topological polar surface area (TPSA) is 96.5 Å². The van der Waals surface area contributed by atoms with Gasteiger partial charge in [0.15, 0.2) is 0 Å². The number of fused-ring (bicyclic) bond motifs is 1. The molecule has 0 unspecified atom stereocenters. The molecule has 24 heavy (non-hydrogen) atoms. The van der Waals surface area contributed by atoms with Gasteiger partial charge in [-0.15, -0.1) is 0 Å². The highest BCUT2D eigenvalue weighted by Gasteiger charge is 2.30. The summed E-state index contributed by atoms with van der Waals surface area (Å²) >= 11 is 0. The van der Waals surface area contributed by atoms with Gasteiger partial charge in [0.05, 0.1) is 17.0 Å². The van der Waals surface area contributed by atoms with Gasteiger partial charge < -0.3 is 14.8 Å². The minimum atomic E-state index is -3.94. The fraction of sp³-hybridized carbons (Fsp3) is 0.118. The number of phenolic OH excluding ortho intramolecular Hbond substituents is 1. The van der Waals surface area contributed by atoms with Crippen LogP contribution in [-0.2, 0) is 14.6 Å². The Labute approximate surface area is 138 Å². The zero-order valence-corrected chi connectivity index (χ0v) is 13.6. The monoisotopic (exact) mass is 345 g/mol. The van der Waals surface area contributed by atoms with E-state index in [2.05, 4.69) is 4.98 Å². The van der Waals surface area contributed by atoms with Crippen LogP contribution in [0.3, 0.4) is 0 Å². The Hall–Kier alpha value is -2.80. The van der Waals surface area contributed by atoms with Crippen molar-refractivity contribution in [1.29, 1.82) is 0 Å². The zero-order chi connectivity index (χ0) is 17.3. The molecule has 0 saturated carbocycles. The molecular weight excluding hydrogens is 330 g/mol. The molecule has 0 spiro atoms. The van der Waals surface area contributed by atoms with E-state index in [9.17, 15) is 18.3 Å². The van der Waals surface area contributed by atoms with Crippen molar-refractivity contribution in [3.05, 3.63) is 54.2 Å². The summed E-state index contributed by atoms with van der Waals surface area (Å²) in [4.78, 5) is 14.9. The molecule has 2 aromatic carbocycles. The van der Waals surface area contributed by atoms with E-state index in [1.165, 1.54) is 30.3 Å². The van der Waals surface area contributed by atoms with Gasteiger partial charge in [0.2, 0.25) is 9.84 Å². The van der Waals surface area contributed by atoms with Gasteiger partial charge in [-0.1, -0.05) is 18.2 Å². The summed E-state index contributed by atoms with van der Waals surface area (Å²) in [6.07, 6.45) is 0. The first-order valence-corrected chi connectivity index (χ1v) is 8.75. The van der Waals surface area contributed by atoms with Crippen LogP contribution in [0, 0.1) is 0 Å². The first kappa shape index (κ1) is 16.1. The molecule has 0 radical (unpaired) electrons. The summed E-state index contributed by atoms with van der Waals surface area (Å²) in [5, 5.41) is 9.93. The summed E-state index contributed by atoms with van der Waals surface area (Å²) in [6, 6.07) is 12.0. The van der Waals surface area contributed by atoms with Crippen molar-refractivity contribution in [3.8, 4) is 5.75 Å². The molecule has 1 aromatic heterocycles. The number of ether oxygens (including phenoxy) is 1. The smallest absolute Gasteiger partial charge is 0.356 e. The SMILES string of the molecule is CCOC(=O)c1[nH]c2cc(O)ccc2c1S(=O)(=O)c1ccccc1. The number of hydrogen-bond donors (Lipinski definition) is 2. The van der Waals surface area contributed by atoms with E-state index in [0.29, 0.717) is 10.9 Å². The molecule has 0 aliphatic heterocycles. The van der Waals surface area contributed by atoms with Crippen LogP contribution in [0.4, 0.5) is 0 Å². The molecule has 0 atom stereocenters. The largest absolute Gasteiger partial charge is 0.508 e. The fourth-order valence-electron chi connectivity index (χ4n) is 2.50. The summed E-state index contributed by atoms with van der Waals surface area (Å²) in [5.41, 5.74) is 0.189. The van der Waals surface area contributed by atoms with Crippen molar-refractivity contribution < 1.29 is 23.1 Å².